The molecule has 24 heavy (non-hydrogen) atoms. The molecule has 1 amide bonds. The number of imidazole rings is 1. The zero-order valence-corrected chi connectivity index (χ0v) is 13.6. The molecule has 3 rings (SSSR count). The van der Waals surface area contributed by atoms with Crippen LogP contribution in [0.3, 0.4) is 0 Å². The summed E-state index contributed by atoms with van der Waals surface area (Å²) in [5.74, 6) is 0.179. The average molecular weight is 330 g/mol. The van der Waals surface area contributed by atoms with Crippen LogP contribution < -0.4 is 5.32 Å². The predicted octanol–water partition coefficient (Wildman–Crippen LogP) is 1.89. The number of carbonyl (C=O) groups is 1. The van der Waals surface area contributed by atoms with Gasteiger partial charge < -0.3 is 14.7 Å². The highest BCUT2D eigenvalue weighted by Crippen LogP contribution is 2.23. The monoisotopic (exact) mass is 330 g/mol. The van der Waals surface area contributed by atoms with Crippen molar-refractivity contribution in [2.75, 3.05) is 6.54 Å². The summed E-state index contributed by atoms with van der Waals surface area (Å²) in [7, 11) is 0. The third kappa shape index (κ3) is 3.29. The van der Waals surface area contributed by atoms with Gasteiger partial charge in [0.25, 0.3) is 5.91 Å². The van der Waals surface area contributed by atoms with Crippen molar-refractivity contribution in [3.63, 3.8) is 0 Å². The molecule has 2 heterocycles. The molecule has 0 aliphatic carbocycles. The van der Waals surface area contributed by atoms with E-state index in [1.165, 1.54) is 12.1 Å². The number of aromatic nitrogens is 2. The van der Waals surface area contributed by atoms with Gasteiger partial charge in [-0.1, -0.05) is 24.2 Å². The van der Waals surface area contributed by atoms with E-state index in [2.05, 4.69) is 15.5 Å². The predicted molar refractivity (Wildman–Crippen MR) is 86.9 cm³/mol. The minimum Gasteiger partial charge on any atom is -0.381 e. The fourth-order valence-corrected chi connectivity index (χ4v) is 2.68. The zero-order valence-electron chi connectivity index (χ0n) is 13.6. The SMILES string of the molecule is Cc1nccn1CCNC(=O)[C@@H]1ON=C(c2ccc(F)cc2)[C@H]1C. The molecule has 1 N–H and O–H groups in total. The second-order valence-corrected chi connectivity index (χ2v) is 5.76. The van der Waals surface area contributed by atoms with Gasteiger partial charge in [-0.05, 0) is 24.6 Å². The molecule has 0 spiro atoms. The summed E-state index contributed by atoms with van der Waals surface area (Å²) in [6, 6.07) is 6.00. The number of amides is 1. The topological polar surface area (TPSA) is 68.5 Å². The molecule has 1 aromatic carbocycles. The first-order valence-corrected chi connectivity index (χ1v) is 7.81. The van der Waals surface area contributed by atoms with Crippen molar-refractivity contribution in [3.8, 4) is 0 Å². The Morgan fingerprint density at radius 3 is 2.79 bits per heavy atom. The highest BCUT2D eigenvalue weighted by molar-refractivity contribution is 6.05. The highest BCUT2D eigenvalue weighted by Gasteiger charge is 2.36. The second-order valence-electron chi connectivity index (χ2n) is 5.76. The molecule has 0 saturated heterocycles. The number of carbonyl (C=O) groups excluding carboxylic acids is 1. The van der Waals surface area contributed by atoms with E-state index < -0.39 is 6.10 Å². The van der Waals surface area contributed by atoms with Crippen LogP contribution in [0, 0.1) is 18.7 Å². The van der Waals surface area contributed by atoms with Crippen LogP contribution in [-0.2, 0) is 16.2 Å². The Hall–Kier alpha value is -2.70. The van der Waals surface area contributed by atoms with Crippen molar-refractivity contribution in [1.29, 1.82) is 0 Å². The summed E-state index contributed by atoms with van der Waals surface area (Å²) in [5, 5.41) is 6.87. The van der Waals surface area contributed by atoms with Crippen LogP contribution in [0.5, 0.6) is 0 Å². The Morgan fingerprint density at radius 1 is 1.38 bits per heavy atom. The lowest BCUT2D eigenvalue weighted by molar-refractivity contribution is -0.132. The number of nitrogens with zero attached hydrogens (tertiary/aromatic N) is 3. The quantitative estimate of drug-likeness (QED) is 0.910. The third-order valence-corrected chi connectivity index (χ3v) is 4.12. The van der Waals surface area contributed by atoms with Gasteiger partial charge >= 0.3 is 0 Å². The smallest absolute Gasteiger partial charge is 0.264 e. The Kier molecular flexibility index (Phi) is 4.59. The molecule has 0 unspecified atom stereocenters. The van der Waals surface area contributed by atoms with E-state index in [1.54, 1.807) is 18.3 Å². The summed E-state index contributed by atoms with van der Waals surface area (Å²) in [4.78, 5) is 21.7. The van der Waals surface area contributed by atoms with E-state index in [9.17, 15) is 9.18 Å². The molecule has 0 fully saturated rings. The maximum atomic E-state index is 13.0. The highest BCUT2D eigenvalue weighted by atomic mass is 19.1. The van der Waals surface area contributed by atoms with Crippen molar-refractivity contribution in [2.24, 2.45) is 11.1 Å². The first-order chi connectivity index (χ1) is 11.6. The summed E-state index contributed by atoms with van der Waals surface area (Å²) in [6.45, 7) is 4.91. The van der Waals surface area contributed by atoms with Gasteiger partial charge in [-0.25, -0.2) is 9.37 Å². The Labute approximate surface area is 139 Å². The lowest BCUT2D eigenvalue weighted by Crippen LogP contribution is -2.40. The normalized spacial score (nSPS) is 19.7. The fourth-order valence-electron chi connectivity index (χ4n) is 2.68. The van der Waals surface area contributed by atoms with E-state index in [0.717, 1.165) is 11.4 Å². The van der Waals surface area contributed by atoms with Crippen molar-refractivity contribution >= 4 is 11.6 Å². The first-order valence-electron chi connectivity index (χ1n) is 7.81. The molecule has 1 aromatic heterocycles. The number of nitrogens with one attached hydrogen (secondary N) is 1. The molecule has 126 valence electrons. The minimum atomic E-state index is -0.672. The summed E-state index contributed by atoms with van der Waals surface area (Å²) < 4.78 is 15.0. The number of halogens is 1. The average Bonchev–Trinajstić information content (AvgIpc) is 3.14. The van der Waals surface area contributed by atoms with Gasteiger partial charge in [0.15, 0.2) is 0 Å². The standard InChI is InChI=1S/C17H19FN4O2/c1-11-15(13-3-5-14(18)6-4-13)21-24-16(11)17(23)20-8-10-22-9-7-19-12(22)2/h3-7,9,11,16H,8,10H2,1-2H3,(H,20,23)/t11-,16-/m1/s1. The van der Waals surface area contributed by atoms with Gasteiger partial charge in [0.2, 0.25) is 6.10 Å². The molecular formula is C17H19FN4O2. The van der Waals surface area contributed by atoms with Gasteiger partial charge in [0.05, 0.1) is 11.6 Å². The summed E-state index contributed by atoms with van der Waals surface area (Å²) >= 11 is 0. The number of hydrogen-bond donors (Lipinski definition) is 1. The number of oxime groups is 1. The van der Waals surface area contributed by atoms with Gasteiger partial charge in [0, 0.05) is 25.5 Å². The molecule has 0 bridgehead atoms. The molecule has 2 atom stereocenters. The van der Waals surface area contributed by atoms with Crippen LogP contribution in [0.15, 0.2) is 41.8 Å². The number of hydrogen-bond acceptors (Lipinski definition) is 4. The van der Waals surface area contributed by atoms with Crippen molar-refractivity contribution < 1.29 is 14.0 Å². The fraction of sp³-hybridized carbons (Fsp3) is 0.353. The largest absolute Gasteiger partial charge is 0.381 e. The minimum absolute atomic E-state index is 0.203. The second kappa shape index (κ2) is 6.82. The van der Waals surface area contributed by atoms with Gasteiger partial charge in [-0.15, -0.1) is 0 Å². The van der Waals surface area contributed by atoms with E-state index in [1.807, 2.05) is 24.6 Å². The number of benzene rings is 1. The molecule has 7 heteroatoms. The molecule has 2 aromatic rings. The van der Waals surface area contributed by atoms with Crippen LogP contribution in [0.2, 0.25) is 0 Å². The maximum Gasteiger partial charge on any atom is 0.264 e. The van der Waals surface area contributed by atoms with Crippen LogP contribution in [0.4, 0.5) is 4.39 Å². The van der Waals surface area contributed by atoms with Crippen molar-refractivity contribution in [3.05, 3.63) is 53.9 Å². The van der Waals surface area contributed by atoms with Crippen LogP contribution >= 0.6 is 0 Å². The molecule has 1 aliphatic rings. The van der Waals surface area contributed by atoms with Crippen molar-refractivity contribution in [2.45, 2.75) is 26.5 Å². The number of rotatable bonds is 5. The van der Waals surface area contributed by atoms with Crippen LogP contribution in [-0.4, -0.2) is 33.8 Å². The zero-order chi connectivity index (χ0) is 17.1. The van der Waals surface area contributed by atoms with Gasteiger partial charge in [0.1, 0.15) is 11.6 Å². The molecule has 6 nitrogen and oxygen atoms in total. The Balaban J connectivity index is 1.55. The molecule has 0 saturated carbocycles. The van der Waals surface area contributed by atoms with Gasteiger partial charge in [-0.3, -0.25) is 4.79 Å². The maximum absolute atomic E-state index is 13.0. The summed E-state index contributed by atoms with van der Waals surface area (Å²) in [6.07, 6.45) is 2.92. The Morgan fingerprint density at radius 2 is 2.12 bits per heavy atom. The van der Waals surface area contributed by atoms with Crippen LogP contribution in [0.25, 0.3) is 0 Å². The van der Waals surface area contributed by atoms with E-state index in [-0.39, 0.29) is 17.6 Å². The lowest BCUT2D eigenvalue weighted by Gasteiger charge is -2.15. The van der Waals surface area contributed by atoms with Crippen molar-refractivity contribution in [1.82, 2.24) is 14.9 Å². The first kappa shape index (κ1) is 16.2. The molecule has 0 radical (unpaired) electrons. The Bertz CT molecular complexity index is 754. The summed E-state index contributed by atoms with van der Waals surface area (Å²) in [5.41, 5.74) is 1.41. The molecule has 1 aliphatic heterocycles. The van der Waals surface area contributed by atoms with Crippen LogP contribution in [0.1, 0.15) is 18.3 Å². The number of aryl methyl sites for hydroxylation is 1. The van der Waals surface area contributed by atoms with E-state index in [4.69, 9.17) is 4.84 Å². The molecular weight excluding hydrogens is 311 g/mol. The lowest BCUT2D eigenvalue weighted by atomic mass is 9.94. The third-order valence-electron chi connectivity index (χ3n) is 4.12. The van der Waals surface area contributed by atoms with E-state index >= 15 is 0 Å². The van der Waals surface area contributed by atoms with Gasteiger partial charge in [-0.2, -0.15) is 0 Å². The van der Waals surface area contributed by atoms with E-state index in [0.29, 0.717) is 18.8 Å².